The van der Waals surface area contributed by atoms with Crippen molar-refractivity contribution in [2.24, 2.45) is 0 Å². The van der Waals surface area contributed by atoms with Crippen molar-refractivity contribution in [2.45, 2.75) is 19.1 Å². The average molecular weight is 333 g/mol. The van der Waals surface area contributed by atoms with Gasteiger partial charge in [0.1, 0.15) is 0 Å². The van der Waals surface area contributed by atoms with E-state index >= 15 is 0 Å². The molecule has 0 amide bonds. The van der Waals surface area contributed by atoms with Crippen molar-refractivity contribution in [1.29, 1.82) is 0 Å². The van der Waals surface area contributed by atoms with Crippen LogP contribution in [-0.2, 0) is 21.2 Å². The summed E-state index contributed by atoms with van der Waals surface area (Å²) >= 11 is 0. The molecule has 1 aliphatic heterocycles. The molecule has 1 fully saturated rings. The van der Waals surface area contributed by atoms with Crippen molar-refractivity contribution >= 4 is 0 Å². The van der Waals surface area contributed by atoms with Gasteiger partial charge in [-0.25, -0.2) is 4.89 Å². The summed E-state index contributed by atoms with van der Waals surface area (Å²) in [7, 11) is 0. The van der Waals surface area contributed by atoms with Crippen LogP contribution < -0.4 is 0 Å². The van der Waals surface area contributed by atoms with Gasteiger partial charge in [0.25, 0.3) is 0 Å². The fourth-order valence-corrected chi connectivity index (χ4v) is 2.80. The zero-order valence-corrected chi connectivity index (χ0v) is 13.7. The summed E-state index contributed by atoms with van der Waals surface area (Å²) in [4.78, 5) is 17.4. The number of hydrogen-bond donors (Lipinski definition) is 0. The van der Waals surface area contributed by atoms with Crippen LogP contribution in [0.2, 0.25) is 0 Å². The molecule has 0 bridgehead atoms. The third-order valence-electron chi connectivity index (χ3n) is 4.06. The van der Waals surface area contributed by atoms with Crippen LogP contribution in [0, 0.1) is 0 Å². The number of rotatable bonds is 4. The first kappa shape index (κ1) is 16.0. The molecule has 0 N–H and O–H groups in total. The molecule has 4 heteroatoms. The van der Waals surface area contributed by atoms with Gasteiger partial charge in [-0.3, -0.25) is 4.84 Å². The van der Waals surface area contributed by atoms with E-state index in [1.165, 1.54) is 0 Å². The monoisotopic (exact) mass is 333 g/mol. The van der Waals surface area contributed by atoms with E-state index in [2.05, 4.69) is 12.1 Å². The minimum Gasteiger partial charge on any atom is -0.256 e. The summed E-state index contributed by atoms with van der Waals surface area (Å²) in [6.45, 7) is 0.590. The molecule has 0 aliphatic carbocycles. The van der Waals surface area contributed by atoms with Crippen molar-refractivity contribution in [3.63, 3.8) is 0 Å². The normalized spacial score (nSPS) is 21.1. The van der Waals surface area contributed by atoms with E-state index in [-0.39, 0.29) is 0 Å². The third kappa shape index (κ3) is 3.78. The van der Waals surface area contributed by atoms with Gasteiger partial charge in [-0.05, 0) is 5.56 Å². The average Bonchev–Trinajstić information content (AvgIpc) is 2.70. The van der Waals surface area contributed by atoms with Crippen molar-refractivity contribution in [1.82, 2.24) is 5.06 Å². The maximum Gasteiger partial charge on any atom is 0.236 e. The zero-order valence-electron chi connectivity index (χ0n) is 13.7. The van der Waals surface area contributed by atoms with Crippen LogP contribution in [0.25, 0.3) is 0 Å². The molecule has 0 aromatic heterocycles. The Bertz CT molecular complexity index is 780. The SMILES string of the molecule is c1ccc(CN2OC(c3ccccc3)OOC2c2ccccc2)cc1. The maximum atomic E-state index is 6.13. The Hall–Kier alpha value is -2.50. The minimum atomic E-state index is -0.593. The Morgan fingerprint density at radius 2 is 1.20 bits per heavy atom. The third-order valence-corrected chi connectivity index (χ3v) is 4.06. The number of hydroxylamine groups is 2. The molecule has 126 valence electrons. The molecule has 25 heavy (non-hydrogen) atoms. The standard InChI is InChI=1S/C21H19NO3/c1-4-10-17(11-5-1)16-22-20(18-12-6-2-7-13-18)24-25-21(23-22)19-14-8-3-9-15-19/h1-15,20-21H,16H2. The van der Waals surface area contributed by atoms with E-state index in [0.29, 0.717) is 6.54 Å². The molecule has 1 heterocycles. The lowest BCUT2D eigenvalue weighted by Gasteiger charge is -2.37. The summed E-state index contributed by atoms with van der Waals surface area (Å²) in [6.07, 6.45) is -1.02. The fourth-order valence-electron chi connectivity index (χ4n) is 2.80. The first-order valence-corrected chi connectivity index (χ1v) is 8.29. The molecule has 4 rings (SSSR count). The summed E-state index contributed by atoms with van der Waals surface area (Å²) < 4.78 is 0. The van der Waals surface area contributed by atoms with Crippen LogP contribution in [0.3, 0.4) is 0 Å². The molecule has 4 nitrogen and oxygen atoms in total. The van der Waals surface area contributed by atoms with E-state index in [4.69, 9.17) is 14.6 Å². The molecule has 0 radical (unpaired) electrons. The van der Waals surface area contributed by atoms with Gasteiger partial charge in [0.15, 0.2) is 6.23 Å². The first-order chi connectivity index (χ1) is 12.4. The number of benzene rings is 3. The van der Waals surface area contributed by atoms with Crippen molar-refractivity contribution < 1.29 is 14.6 Å². The summed E-state index contributed by atoms with van der Waals surface area (Å²) in [6, 6.07) is 29.9. The second-order valence-electron chi connectivity index (χ2n) is 5.86. The summed E-state index contributed by atoms with van der Waals surface area (Å²) in [5, 5.41) is 1.83. The first-order valence-electron chi connectivity index (χ1n) is 8.29. The molecule has 2 atom stereocenters. The lowest BCUT2D eigenvalue weighted by molar-refractivity contribution is -0.537. The summed E-state index contributed by atoms with van der Waals surface area (Å²) in [5.41, 5.74) is 3.03. The number of nitrogens with zero attached hydrogens (tertiary/aromatic N) is 1. The van der Waals surface area contributed by atoms with Gasteiger partial charge < -0.3 is 0 Å². The Kier molecular flexibility index (Phi) is 4.86. The molecule has 1 aliphatic rings. The molecule has 3 aromatic carbocycles. The largest absolute Gasteiger partial charge is 0.256 e. The van der Waals surface area contributed by atoms with E-state index in [9.17, 15) is 0 Å². The molecule has 2 unspecified atom stereocenters. The number of hydrogen-bond acceptors (Lipinski definition) is 4. The van der Waals surface area contributed by atoms with Crippen LogP contribution in [-0.4, -0.2) is 5.06 Å². The van der Waals surface area contributed by atoms with E-state index < -0.39 is 12.5 Å². The van der Waals surface area contributed by atoms with E-state index in [1.807, 2.05) is 83.9 Å². The maximum absolute atomic E-state index is 6.13. The van der Waals surface area contributed by atoms with Crippen molar-refractivity contribution in [3.8, 4) is 0 Å². The second-order valence-corrected chi connectivity index (χ2v) is 5.86. The predicted molar refractivity (Wildman–Crippen MR) is 93.6 cm³/mol. The second kappa shape index (κ2) is 7.59. The van der Waals surface area contributed by atoms with Gasteiger partial charge in [0.2, 0.25) is 6.29 Å². The van der Waals surface area contributed by atoms with Gasteiger partial charge in [-0.2, -0.15) is 4.89 Å². The molecule has 0 saturated carbocycles. The predicted octanol–water partition coefficient (Wildman–Crippen LogP) is 4.78. The van der Waals surface area contributed by atoms with Crippen LogP contribution in [0.1, 0.15) is 29.2 Å². The Morgan fingerprint density at radius 3 is 1.84 bits per heavy atom. The molecular formula is C21H19NO3. The van der Waals surface area contributed by atoms with E-state index in [0.717, 1.165) is 16.7 Å². The smallest absolute Gasteiger partial charge is 0.236 e. The molecule has 1 saturated heterocycles. The quantitative estimate of drug-likeness (QED) is 0.643. The van der Waals surface area contributed by atoms with Gasteiger partial charge >= 0.3 is 0 Å². The van der Waals surface area contributed by atoms with Crippen LogP contribution >= 0.6 is 0 Å². The van der Waals surface area contributed by atoms with Gasteiger partial charge in [-0.15, -0.1) is 5.06 Å². The minimum absolute atomic E-state index is 0.429. The van der Waals surface area contributed by atoms with Crippen LogP contribution in [0.15, 0.2) is 91.0 Å². The Morgan fingerprint density at radius 1 is 0.640 bits per heavy atom. The fraction of sp³-hybridized carbons (Fsp3) is 0.143. The Labute approximate surface area is 147 Å². The van der Waals surface area contributed by atoms with Gasteiger partial charge in [0.05, 0.1) is 6.54 Å². The van der Waals surface area contributed by atoms with Crippen molar-refractivity contribution in [2.75, 3.05) is 0 Å². The molecule has 0 spiro atoms. The highest BCUT2D eigenvalue weighted by Gasteiger charge is 2.33. The molecule has 3 aromatic rings. The van der Waals surface area contributed by atoms with Crippen LogP contribution in [0.5, 0.6) is 0 Å². The Balaban J connectivity index is 1.59. The molecular weight excluding hydrogens is 314 g/mol. The highest BCUT2D eigenvalue weighted by molar-refractivity contribution is 5.19. The topological polar surface area (TPSA) is 30.9 Å². The van der Waals surface area contributed by atoms with E-state index in [1.54, 1.807) is 0 Å². The lowest BCUT2D eigenvalue weighted by Crippen LogP contribution is -2.37. The lowest BCUT2D eigenvalue weighted by atomic mass is 10.1. The summed E-state index contributed by atoms with van der Waals surface area (Å²) in [5.74, 6) is 0. The van der Waals surface area contributed by atoms with Gasteiger partial charge in [0, 0.05) is 11.1 Å². The highest BCUT2D eigenvalue weighted by Crippen LogP contribution is 2.35. The van der Waals surface area contributed by atoms with Crippen LogP contribution in [0.4, 0.5) is 0 Å². The zero-order chi connectivity index (χ0) is 16.9. The van der Waals surface area contributed by atoms with Crippen molar-refractivity contribution in [3.05, 3.63) is 108 Å². The van der Waals surface area contributed by atoms with Gasteiger partial charge in [-0.1, -0.05) is 91.0 Å². The highest BCUT2D eigenvalue weighted by atomic mass is 17.3.